The molecule has 0 radical (unpaired) electrons. The van der Waals surface area contributed by atoms with E-state index in [1.165, 1.54) is 0 Å². The van der Waals surface area contributed by atoms with Crippen LogP contribution in [0.15, 0.2) is 18.3 Å². The topological polar surface area (TPSA) is 75.4 Å². The molecular weight excluding hydrogens is 340 g/mol. The number of anilines is 1. The highest BCUT2D eigenvalue weighted by molar-refractivity contribution is 6.12. The van der Waals surface area contributed by atoms with Crippen LogP contribution >= 0.6 is 0 Å². The molecule has 4 rings (SSSR count). The smallest absolute Gasteiger partial charge is 0.259 e. The van der Waals surface area contributed by atoms with Gasteiger partial charge < -0.3 is 10.2 Å². The van der Waals surface area contributed by atoms with E-state index < -0.39 is 0 Å². The summed E-state index contributed by atoms with van der Waals surface area (Å²) in [4.78, 5) is 19.9. The first-order valence-corrected chi connectivity index (χ1v) is 9.78. The molecule has 3 aromatic rings. The quantitative estimate of drug-likeness (QED) is 0.723. The van der Waals surface area contributed by atoms with Crippen LogP contribution in [0.2, 0.25) is 0 Å². The normalized spacial score (nSPS) is 14.3. The molecule has 0 saturated heterocycles. The van der Waals surface area contributed by atoms with Gasteiger partial charge >= 0.3 is 0 Å². The zero-order valence-corrected chi connectivity index (χ0v) is 16.4. The number of nitrogens with one attached hydrogen (secondary N) is 1. The van der Waals surface area contributed by atoms with Crippen molar-refractivity contribution in [2.24, 2.45) is 0 Å². The van der Waals surface area contributed by atoms with Gasteiger partial charge in [-0.1, -0.05) is 13.8 Å². The van der Waals surface area contributed by atoms with Crippen molar-refractivity contribution in [1.29, 1.82) is 0 Å². The molecule has 0 spiro atoms. The van der Waals surface area contributed by atoms with Crippen LogP contribution in [0, 0.1) is 0 Å². The summed E-state index contributed by atoms with van der Waals surface area (Å²) in [7, 11) is 0. The third-order valence-corrected chi connectivity index (χ3v) is 5.14. The summed E-state index contributed by atoms with van der Waals surface area (Å²) >= 11 is 0. The third kappa shape index (κ3) is 2.91. The Labute approximate surface area is 158 Å². The molecule has 1 amide bonds. The van der Waals surface area contributed by atoms with Crippen molar-refractivity contribution < 1.29 is 4.79 Å². The Hall–Kier alpha value is -2.70. The zero-order valence-electron chi connectivity index (χ0n) is 16.4. The van der Waals surface area contributed by atoms with E-state index in [2.05, 4.69) is 34.3 Å². The van der Waals surface area contributed by atoms with E-state index in [1.807, 2.05) is 35.3 Å². The third-order valence-electron chi connectivity index (χ3n) is 5.14. The van der Waals surface area contributed by atoms with Crippen molar-refractivity contribution in [3.63, 3.8) is 0 Å². The van der Waals surface area contributed by atoms with E-state index in [4.69, 9.17) is 0 Å². The van der Waals surface area contributed by atoms with Gasteiger partial charge in [0, 0.05) is 36.6 Å². The SMILES string of the molecule is CCN(CC)C(=O)c1c(NC2CC2)c2cccnc2n2c(C(C)C)nnc12. The summed E-state index contributed by atoms with van der Waals surface area (Å²) in [5.74, 6) is 0.978. The van der Waals surface area contributed by atoms with Crippen LogP contribution in [-0.4, -0.2) is 49.5 Å². The Morgan fingerprint density at radius 1 is 1.26 bits per heavy atom. The minimum atomic E-state index is -0.0124. The van der Waals surface area contributed by atoms with Crippen molar-refractivity contribution in [2.45, 2.75) is 52.5 Å². The predicted molar refractivity (Wildman–Crippen MR) is 106 cm³/mol. The molecule has 1 N–H and O–H groups in total. The molecule has 0 bridgehead atoms. The number of nitrogens with zero attached hydrogens (tertiary/aromatic N) is 5. The summed E-state index contributed by atoms with van der Waals surface area (Å²) < 4.78 is 1.95. The van der Waals surface area contributed by atoms with E-state index in [0.29, 0.717) is 30.3 Å². The van der Waals surface area contributed by atoms with Crippen molar-refractivity contribution in [3.05, 3.63) is 29.7 Å². The average Bonchev–Trinajstić information content (AvgIpc) is 3.37. The van der Waals surface area contributed by atoms with Gasteiger partial charge in [-0.05, 0) is 38.8 Å². The van der Waals surface area contributed by atoms with Gasteiger partial charge in [0.05, 0.1) is 5.69 Å². The molecule has 1 aliphatic carbocycles. The number of hydrogen-bond donors (Lipinski definition) is 1. The molecule has 0 unspecified atom stereocenters. The summed E-state index contributed by atoms with van der Waals surface area (Å²) in [6, 6.07) is 4.35. The van der Waals surface area contributed by atoms with Gasteiger partial charge in [0.2, 0.25) is 0 Å². The zero-order chi connectivity index (χ0) is 19.1. The van der Waals surface area contributed by atoms with Crippen LogP contribution in [0.5, 0.6) is 0 Å². The van der Waals surface area contributed by atoms with E-state index >= 15 is 0 Å². The van der Waals surface area contributed by atoms with E-state index in [0.717, 1.165) is 35.4 Å². The highest BCUT2D eigenvalue weighted by Gasteiger charge is 2.30. The molecule has 1 aliphatic rings. The number of carbonyl (C=O) groups excluding carboxylic acids is 1. The Morgan fingerprint density at radius 3 is 2.63 bits per heavy atom. The van der Waals surface area contributed by atoms with Gasteiger partial charge in [-0.25, -0.2) is 4.98 Å². The number of rotatable bonds is 6. The second-order valence-corrected chi connectivity index (χ2v) is 7.39. The van der Waals surface area contributed by atoms with Crippen LogP contribution in [0.1, 0.15) is 62.6 Å². The summed E-state index contributed by atoms with van der Waals surface area (Å²) in [5.41, 5.74) is 2.82. The number of hydrogen-bond acceptors (Lipinski definition) is 5. The maximum Gasteiger partial charge on any atom is 0.259 e. The molecule has 3 aromatic heterocycles. The van der Waals surface area contributed by atoms with E-state index in [1.54, 1.807) is 6.20 Å². The monoisotopic (exact) mass is 366 g/mol. The number of pyridine rings is 2. The fraction of sp³-hybridized carbons (Fsp3) is 0.500. The molecule has 1 fully saturated rings. The summed E-state index contributed by atoms with van der Waals surface area (Å²) in [5, 5.41) is 13.4. The molecule has 3 heterocycles. The Balaban J connectivity index is 2.09. The predicted octanol–water partition coefficient (Wildman–Crippen LogP) is 3.46. The van der Waals surface area contributed by atoms with Crippen LogP contribution in [0.3, 0.4) is 0 Å². The Morgan fingerprint density at radius 2 is 2.00 bits per heavy atom. The van der Waals surface area contributed by atoms with E-state index in [9.17, 15) is 4.79 Å². The fourth-order valence-corrected chi connectivity index (χ4v) is 3.51. The van der Waals surface area contributed by atoms with E-state index in [-0.39, 0.29) is 11.8 Å². The minimum Gasteiger partial charge on any atom is -0.381 e. The molecule has 0 aliphatic heterocycles. The molecule has 7 nitrogen and oxygen atoms in total. The highest BCUT2D eigenvalue weighted by atomic mass is 16.2. The molecule has 27 heavy (non-hydrogen) atoms. The van der Waals surface area contributed by atoms with Gasteiger partial charge in [-0.15, -0.1) is 10.2 Å². The lowest BCUT2D eigenvalue weighted by atomic mass is 10.1. The van der Waals surface area contributed by atoms with Crippen LogP contribution < -0.4 is 5.32 Å². The molecule has 7 heteroatoms. The fourth-order valence-electron chi connectivity index (χ4n) is 3.51. The van der Waals surface area contributed by atoms with Crippen LogP contribution in [0.25, 0.3) is 16.7 Å². The average molecular weight is 366 g/mol. The lowest BCUT2D eigenvalue weighted by molar-refractivity contribution is 0.0775. The molecule has 1 saturated carbocycles. The lowest BCUT2D eigenvalue weighted by Gasteiger charge is -2.22. The highest BCUT2D eigenvalue weighted by Crippen LogP contribution is 2.36. The van der Waals surface area contributed by atoms with Gasteiger partial charge in [-0.3, -0.25) is 9.20 Å². The standard InChI is InChI=1S/C20H26N6O/c1-5-25(6-2)20(27)15-16(22-13-9-10-13)14-8-7-11-21-18(14)26-17(12(3)4)23-24-19(15)26/h7-8,11-13,22H,5-6,9-10H2,1-4H3. The van der Waals surface area contributed by atoms with Crippen LogP contribution in [0.4, 0.5) is 5.69 Å². The van der Waals surface area contributed by atoms with Gasteiger partial charge in [0.15, 0.2) is 5.65 Å². The number of amides is 1. The number of carbonyl (C=O) groups is 1. The van der Waals surface area contributed by atoms with Gasteiger partial charge in [0.25, 0.3) is 5.91 Å². The summed E-state index contributed by atoms with van der Waals surface area (Å²) in [6.07, 6.45) is 4.02. The maximum absolute atomic E-state index is 13.5. The minimum absolute atomic E-state index is 0.0124. The first kappa shape index (κ1) is 17.7. The largest absolute Gasteiger partial charge is 0.381 e. The lowest BCUT2D eigenvalue weighted by Crippen LogP contribution is -2.32. The summed E-state index contributed by atoms with van der Waals surface area (Å²) in [6.45, 7) is 9.46. The van der Waals surface area contributed by atoms with Crippen molar-refractivity contribution >= 4 is 28.3 Å². The Bertz CT molecular complexity index is 1000. The maximum atomic E-state index is 13.5. The van der Waals surface area contributed by atoms with Crippen molar-refractivity contribution in [3.8, 4) is 0 Å². The first-order chi connectivity index (χ1) is 13.1. The Kier molecular flexibility index (Phi) is 4.45. The molecule has 142 valence electrons. The van der Waals surface area contributed by atoms with Crippen molar-refractivity contribution in [2.75, 3.05) is 18.4 Å². The van der Waals surface area contributed by atoms with Gasteiger partial charge in [0.1, 0.15) is 17.0 Å². The molecular formula is C20H26N6O. The number of aromatic nitrogens is 4. The van der Waals surface area contributed by atoms with Crippen molar-refractivity contribution in [1.82, 2.24) is 24.5 Å². The second-order valence-electron chi connectivity index (χ2n) is 7.39. The first-order valence-electron chi connectivity index (χ1n) is 9.78. The van der Waals surface area contributed by atoms with Crippen LogP contribution in [-0.2, 0) is 0 Å². The van der Waals surface area contributed by atoms with Gasteiger partial charge in [-0.2, -0.15) is 0 Å². The number of fused-ring (bicyclic) bond motifs is 3. The second kappa shape index (κ2) is 6.79. The molecule has 0 atom stereocenters. The molecule has 0 aromatic carbocycles.